The van der Waals surface area contributed by atoms with Crippen molar-refractivity contribution in [3.63, 3.8) is 0 Å². The summed E-state index contributed by atoms with van der Waals surface area (Å²) in [6.45, 7) is 0.180. The van der Waals surface area contributed by atoms with Crippen LogP contribution in [0.3, 0.4) is 0 Å². The monoisotopic (exact) mass is 472 g/mol. The molecule has 10 heteroatoms. The van der Waals surface area contributed by atoms with Crippen LogP contribution in [-0.4, -0.2) is 24.9 Å². The molecule has 148 valence electrons. The fourth-order valence-corrected chi connectivity index (χ4v) is 3.82. The lowest BCUT2D eigenvalue weighted by molar-refractivity contribution is 0.655. The molecule has 0 unspecified atom stereocenters. The van der Waals surface area contributed by atoms with Gasteiger partial charge in [0.1, 0.15) is 0 Å². The van der Waals surface area contributed by atoms with Crippen molar-refractivity contribution in [3.05, 3.63) is 77.5 Å². The molecule has 8 nitrogen and oxygen atoms in total. The first kappa shape index (κ1) is 19.3. The van der Waals surface area contributed by atoms with Crippen molar-refractivity contribution < 1.29 is 0 Å². The summed E-state index contributed by atoms with van der Waals surface area (Å²) in [6, 6.07) is 11.4. The van der Waals surface area contributed by atoms with Crippen molar-refractivity contribution in [1.82, 2.24) is 18.7 Å². The number of rotatable bonds is 5. The first-order chi connectivity index (χ1) is 14.0. The maximum atomic E-state index is 13.1. The predicted octanol–water partition coefficient (Wildman–Crippen LogP) is 2.75. The number of halogens is 1. The molecule has 0 saturated carbocycles. The van der Waals surface area contributed by atoms with Crippen LogP contribution in [0, 0.1) is 0 Å². The fraction of sp³-hybridized carbons (Fsp3) is 0.158. The number of benzene rings is 1. The lowest BCUT2D eigenvalue weighted by Crippen LogP contribution is -2.39. The van der Waals surface area contributed by atoms with Gasteiger partial charge in [0.25, 0.3) is 5.56 Å². The highest BCUT2D eigenvalue weighted by Crippen LogP contribution is 2.15. The van der Waals surface area contributed by atoms with Crippen molar-refractivity contribution in [2.24, 2.45) is 19.2 Å². The molecular formula is C19H17BrN6O2S. The number of nitrogens with zero attached hydrogens (tertiary/aromatic N) is 5. The zero-order chi connectivity index (χ0) is 20.5. The zero-order valence-electron chi connectivity index (χ0n) is 15.7. The average Bonchev–Trinajstić information content (AvgIpc) is 3.34. The van der Waals surface area contributed by atoms with E-state index in [1.54, 1.807) is 36.2 Å². The standard InChI is InChI=1S/C19H17BrN6O2S/c1-24-15-16(22-18(24)23-21-10-14-4-3-9-29-14)25(2)19(28)26(17(15)27)11-12-5-7-13(20)8-6-12/h3-10H,11H2,1-2H3,(H,22,23)/b21-10+. The Labute approximate surface area is 177 Å². The average molecular weight is 473 g/mol. The van der Waals surface area contributed by atoms with Crippen LogP contribution in [0.1, 0.15) is 10.4 Å². The highest BCUT2D eigenvalue weighted by Gasteiger charge is 2.18. The Balaban J connectivity index is 1.75. The van der Waals surface area contributed by atoms with Crippen LogP contribution < -0.4 is 16.7 Å². The molecular weight excluding hydrogens is 456 g/mol. The van der Waals surface area contributed by atoms with Gasteiger partial charge in [-0.2, -0.15) is 10.1 Å². The van der Waals surface area contributed by atoms with Crippen molar-refractivity contribution in [1.29, 1.82) is 0 Å². The lowest BCUT2D eigenvalue weighted by atomic mass is 10.2. The molecule has 0 bridgehead atoms. The molecule has 0 aliphatic rings. The van der Waals surface area contributed by atoms with E-state index in [4.69, 9.17) is 0 Å². The van der Waals surface area contributed by atoms with Crippen LogP contribution in [-0.2, 0) is 20.6 Å². The van der Waals surface area contributed by atoms with Crippen molar-refractivity contribution in [3.8, 4) is 0 Å². The molecule has 4 aromatic rings. The third-order valence-electron chi connectivity index (χ3n) is 4.51. The smallest absolute Gasteiger partial charge is 0.306 e. The van der Waals surface area contributed by atoms with E-state index in [9.17, 15) is 9.59 Å². The number of fused-ring (bicyclic) bond motifs is 1. The number of thiophene rings is 1. The molecule has 29 heavy (non-hydrogen) atoms. The minimum Gasteiger partial charge on any atom is -0.306 e. The Hall–Kier alpha value is -2.98. The summed E-state index contributed by atoms with van der Waals surface area (Å²) in [7, 11) is 3.32. The highest BCUT2D eigenvalue weighted by molar-refractivity contribution is 9.10. The van der Waals surface area contributed by atoms with Crippen LogP contribution in [0.4, 0.5) is 5.95 Å². The molecule has 0 spiro atoms. The predicted molar refractivity (Wildman–Crippen MR) is 119 cm³/mol. The van der Waals surface area contributed by atoms with Gasteiger partial charge in [-0.3, -0.25) is 13.9 Å². The largest absolute Gasteiger partial charge is 0.332 e. The van der Waals surface area contributed by atoms with E-state index in [-0.39, 0.29) is 6.54 Å². The number of anilines is 1. The third-order valence-corrected chi connectivity index (χ3v) is 5.85. The Bertz CT molecular complexity index is 1320. The Kier molecular flexibility index (Phi) is 5.20. The molecule has 0 fully saturated rings. The number of imidazole rings is 1. The van der Waals surface area contributed by atoms with Gasteiger partial charge in [0.05, 0.1) is 12.8 Å². The number of aromatic nitrogens is 4. The Morgan fingerprint density at radius 1 is 1.17 bits per heavy atom. The second-order valence-corrected chi connectivity index (χ2v) is 8.31. The second kappa shape index (κ2) is 7.80. The van der Waals surface area contributed by atoms with Gasteiger partial charge >= 0.3 is 5.69 Å². The fourth-order valence-electron chi connectivity index (χ4n) is 2.97. The van der Waals surface area contributed by atoms with Crippen LogP contribution in [0.2, 0.25) is 0 Å². The van der Waals surface area contributed by atoms with Gasteiger partial charge in [-0.1, -0.05) is 34.1 Å². The number of hydrogen-bond acceptors (Lipinski definition) is 6. The minimum absolute atomic E-state index is 0.180. The molecule has 0 amide bonds. The number of nitrogens with one attached hydrogen (secondary N) is 1. The maximum absolute atomic E-state index is 13.1. The van der Waals surface area contributed by atoms with E-state index in [0.29, 0.717) is 17.1 Å². The molecule has 4 rings (SSSR count). The van der Waals surface area contributed by atoms with E-state index in [0.717, 1.165) is 14.9 Å². The van der Waals surface area contributed by atoms with Crippen molar-refractivity contribution in [2.75, 3.05) is 5.43 Å². The third kappa shape index (κ3) is 3.68. The van der Waals surface area contributed by atoms with Gasteiger partial charge in [0.15, 0.2) is 11.2 Å². The molecule has 1 N–H and O–H groups in total. The van der Waals surface area contributed by atoms with Crippen LogP contribution >= 0.6 is 27.3 Å². The molecule has 0 aliphatic heterocycles. The first-order valence-corrected chi connectivity index (χ1v) is 10.4. The quantitative estimate of drug-likeness (QED) is 0.357. The molecule has 3 aromatic heterocycles. The van der Waals surface area contributed by atoms with Crippen LogP contribution in [0.15, 0.2) is 60.9 Å². The van der Waals surface area contributed by atoms with Gasteiger partial charge in [-0.15, -0.1) is 11.3 Å². The van der Waals surface area contributed by atoms with Gasteiger partial charge < -0.3 is 4.57 Å². The normalized spacial score (nSPS) is 11.6. The van der Waals surface area contributed by atoms with Gasteiger partial charge in [0, 0.05) is 23.4 Å². The number of hydrazone groups is 1. The van der Waals surface area contributed by atoms with Gasteiger partial charge in [-0.05, 0) is 29.1 Å². The first-order valence-electron chi connectivity index (χ1n) is 8.69. The topological polar surface area (TPSA) is 86.2 Å². The van der Waals surface area contributed by atoms with E-state index < -0.39 is 11.2 Å². The Morgan fingerprint density at radius 3 is 2.62 bits per heavy atom. The number of aryl methyl sites for hydroxylation is 2. The van der Waals surface area contributed by atoms with E-state index in [1.807, 2.05) is 41.8 Å². The summed E-state index contributed by atoms with van der Waals surface area (Å²) in [5.41, 5.74) is 3.53. The summed E-state index contributed by atoms with van der Waals surface area (Å²) in [4.78, 5) is 31.2. The maximum Gasteiger partial charge on any atom is 0.332 e. The summed E-state index contributed by atoms with van der Waals surface area (Å²) in [6.07, 6.45) is 1.68. The van der Waals surface area contributed by atoms with Crippen LogP contribution in [0.25, 0.3) is 11.2 Å². The zero-order valence-corrected chi connectivity index (χ0v) is 18.1. The summed E-state index contributed by atoms with van der Waals surface area (Å²) < 4.78 is 5.14. The molecule has 0 radical (unpaired) electrons. The summed E-state index contributed by atoms with van der Waals surface area (Å²) in [5.74, 6) is 0.376. The Morgan fingerprint density at radius 2 is 1.93 bits per heavy atom. The van der Waals surface area contributed by atoms with Crippen molar-refractivity contribution in [2.45, 2.75) is 6.54 Å². The highest BCUT2D eigenvalue weighted by atomic mass is 79.9. The molecule has 0 saturated heterocycles. The molecule has 0 atom stereocenters. The van der Waals surface area contributed by atoms with E-state index in [2.05, 4.69) is 31.4 Å². The van der Waals surface area contributed by atoms with Crippen LogP contribution in [0.5, 0.6) is 0 Å². The summed E-state index contributed by atoms with van der Waals surface area (Å²) in [5, 5.41) is 6.13. The molecule has 1 aromatic carbocycles. The van der Waals surface area contributed by atoms with E-state index in [1.165, 1.54) is 9.13 Å². The lowest BCUT2D eigenvalue weighted by Gasteiger charge is -2.09. The molecule has 3 heterocycles. The van der Waals surface area contributed by atoms with E-state index >= 15 is 0 Å². The second-order valence-electron chi connectivity index (χ2n) is 6.41. The molecule has 0 aliphatic carbocycles. The van der Waals surface area contributed by atoms with Gasteiger partial charge in [-0.25, -0.2) is 10.2 Å². The number of hydrogen-bond donors (Lipinski definition) is 1. The van der Waals surface area contributed by atoms with Crippen molar-refractivity contribution >= 4 is 50.6 Å². The minimum atomic E-state index is -0.419. The van der Waals surface area contributed by atoms with Gasteiger partial charge in [0.2, 0.25) is 5.95 Å². The SMILES string of the molecule is Cn1c(N/N=C/c2cccs2)nc2c1c(=O)n(Cc1ccc(Br)cc1)c(=O)n2C. The summed E-state index contributed by atoms with van der Waals surface area (Å²) >= 11 is 4.95.